The number of hydrogen-bond donors (Lipinski definition) is 0. The summed E-state index contributed by atoms with van der Waals surface area (Å²) < 4.78 is 13.4. The Morgan fingerprint density at radius 1 is 0.833 bits per heavy atom. The lowest BCUT2D eigenvalue weighted by atomic mass is 10.0. The highest BCUT2D eigenvalue weighted by molar-refractivity contribution is 8.03. The fourth-order valence-electron chi connectivity index (χ4n) is 3.35. The van der Waals surface area contributed by atoms with Crippen LogP contribution in [0.3, 0.4) is 0 Å². The Bertz CT molecular complexity index is 1150. The van der Waals surface area contributed by atoms with Gasteiger partial charge in [0.15, 0.2) is 0 Å². The van der Waals surface area contributed by atoms with Crippen LogP contribution in [0.1, 0.15) is 22.3 Å². The van der Waals surface area contributed by atoms with Gasteiger partial charge in [-0.1, -0.05) is 48.5 Å². The molecule has 0 radical (unpaired) electrons. The van der Waals surface area contributed by atoms with Crippen LogP contribution in [0.25, 0.3) is 5.57 Å². The van der Waals surface area contributed by atoms with E-state index in [1.54, 1.807) is 0 Å². The van der Waals surface area contributed by atoms with Crippen molar-refractivity contribution in [3.8, 4) is 0 Å². The van der Waals surface area contributed by atoms with Crippen molar-refractivity contribution in [2.45, 2.75) is 19.6 Å². The van der Waals surface area contributed by atoms with Gasteiger partial charge in [-0.25, -0.2) is 9.29 Å². The Labute approximate surface area is 179 Å². The molecule has 0 spiro atoms. The van der Waals surface area contributed by atoms with Crippen LogP contribution in [0.5, 0.6) is 0 Å². The number of halogens is 1. The molecule has 0 N–H and O–H groups in total. The monoisotopic (exact) mass is 417 g/mol. The molecule has 0 unspecified atom stereocenters. The van der Waals surface area contributed by atoms with E-state index in [0.717, 1.165) is 27.2 Å². The van der Waals surface area contributed by atoms with Gasteiger partial charge in [-0.2, -0.15) is 0 Å². The second kappa shape index (κ2) is 8.28. The van der Waals surface area contributed by atoms with Crippen LogP contribution in [0, 0.1) is 19.7 Å². The Morgan fingerprint density at radius 3 is 2.20 bits per heavy atom. The summed E-state index contributed by atoms with van der Waals surface area (Å²) in [6.45, 7) is 3.99. The van der Waals surface area contributed by atoms with Gasteiger partial charge in [0.1, 0.15) is 5.82 Å². The standard InChI is InChI=1S/C25H20FNO2S/c1-16-8-9-19(14-17(16)2)22-23(30-15-18-6-4-3-5-7-18)25(29)27(24(22)28)21-12-10-20(26)11-13-21/h3-14H,15H2,1-2H3. The van der Waals surface area contributed by atoms with Gasteiger partial charge in [-0.3, -0.25) is 9.59 Å². The van der Waals surface area contributed by atoms with Gasteiger partial charge in [-0.15, -0.1) is 11.8 Å². The molecule has 150 valence electrons. The number of anilines is 1. The molecule has 0 atom stereocenters. The number of imide groups is 1. The Morgan fingerprint density at radius 2 is 1.53 bits per heavy atom. The molecule has 2 amide bonds. The van der Waals surface area contributed by atoms with Gasteiger partial charge in [0, 0.05) is 5.75 Å². The summed E-state index contributed by atoms with van der Waals surface area (Å²) >= 11 is 1.36. The van der Waals surface area contributed by atoms with E-state index in [0.29, 0.717) is 21.9 Å². The Kier molecular flexibility index (Phi) is 5.55. The van der Waals surface area contributed by atoms with E-state index in [9.17, 15) is 14.0 Å². The van der Waals surface area contributed by atoms with Crippen LogP contribution in [0.15, 0.2) is 77.7 Å². The first-order chi connectivity index (χ1) is 14.5. The molecule has 0 saturated carbocycles. The number of nitrogens with zero attached hydrogens (tertiary/aromatic N) is 1. The molecular formula is C25H20FNO2S. The van der Waals surface area contributed by atoms with Crippen LogP contribution < -0.4 is 4.90 Å². The number of benzene rings is 3. The second-order valence-corrected chi connectivity index (χ2v) is 8.19. The van der Waals surface area contributed by atoms with Gasteiger partial charge in [0.25, 0.3) is 11.8 Å². The Hall–Kier alpha value is -3.18. The van der Waals surface area contributed by atoms with Crippen molar-refractivity contribution < 1.29 is 14.0 Å². The number of carbonyl (C=O) groups excluding carboxylic acids is 2. The molecule has 3 nitrogen and oxygen atoms in total. The first-order valence-electron chi connectivity index (χ1n) is 9.58. The first kappa shape index (κ1) is 20.1. The molecule has 0 aliphatic carbocycles. The van der Waals surface area contributed by atoms with E-state index in [1.807, 2.05) is 62.4 Å². The molecule has 1 aliphatic heterocycles. The van der Waals surface area contributed by atoms with Crippen LogP contribution in [-0.4, -0.2) is 11.8 Å². The van der Waals surface area contributed by atoms with Crippen molar-refractivity contribution in [1.29, 1.82) is 0 Å². The molecule has 1 aliphatic rings. The normalized spacial score (nSPS) is 14.0. The zero-order valence-electron chi connectivity index (χ0n) is 16.7. The first-order valence-corrected chi connectivity index (χ1v) is 10.6. The summed E-state index contributed by atoms with van der Waals surface area (Å²) in [6, 6.07) is 21.0. The van der Waals surface area contributed by atoms with Gasteiger partial charge in [0.05, 0.1) is 16.2 Å². The highest BCUT2D eigenvalue weighted by Crippen LogP contribution is 2.40. The predicted molar refractivity (Wildman–Crippen MR) is 119 cm³/mol. The van der Waals surface area contributed by atoms with Crippen LogP contribution in [-0.2, 0) is 15.3 Å². The number of rotatable bonds is 5. The summed E-state index contributed by atoms with van der Waals surface area (Å²) in [5, 5.41) is 0. The lowest BCUT2D eigenvalue weighted by molar-refractivity contribution is -0.119. The lowest BCUT2D eigenvalue weighted by Crippen LogP contribution is -2.31. The third-order valence-electron chi connectivity index (χ3n) is 5.15. The molecule has 0 bridgehead atoms. The van der Waals surface area contributed by atoms with E-state index in [4.69, 9.17) is 0 Å². The van der Waals surface area contributed by atoms with Gasteiger partial charge >= 0.3 is 0 Å². The van der Waals surface area contributed by atoms with Crippen molar-refractivity contribution >= 4 is 34.8 Å². The Balaban J connectivity index is 1.76. The van der Waals surface area contributed by atoms with Gasteiger partial charge in [-0.05, 0) is 60.4 Å². The number of carbonyl (C=O) groups is 2. The molecule has 30 heavy (non-hydrogen) atoms. The summed E-state index contributed by atoms with van der Waals surface area (Å²) in [6.07, 6.45) is 0. The zero-order chi connectivity index (χ0) is 21.3. The van der Waals surface area contributed by atoms with E-state index in [2.05, 4.69) is 0 Å². The van der Waals surface area contributed by atoms with Crippen molar-refractivity contribution in [2.75, 3.05) is 4.90 Å². The molecule has 0 saturated heterocycles. The van der Waals surface area contributed by atoms with Crippen LogP contribution in [0.2, 0.25) is 0 Å². The minimum Gasteiger partial charge on any atom is -0.268 e. The van der Waals surface area contributed by atoms with E-state index >= 15 is 0 Å². The fraction of sp³-hybridized carbons (Fsp3) is 0.120. The van der Waals surface area contributed by atoms with Crippen molar-refractivity contribution in [3.05, 3.63) is 106 Å². The molecule has 1 heterocycles. The average Bonchev–Trinajstić information content (AvgIpc) is 2.99. The third kappa shape index (κ3) is 3.81. The number of thioether (sulfide) groups is 1. The third-order valence-corrected chi connectivity index (χ3v) is 6.29. The van der Waals surface area contributed by atoms with Crippen molar-refractivity contribution in [3.63, 3.8) is 0 Å². The van der Waals surface area contributed by atoms with Gasteiger partial charge in [0.2, 0.25) is 0 Å². The van der Waals surface area contributed by atoms with Crippen LogP contribution >= 0.6 is 11.8 Å². The van der Waals surface area contributed by atoms with Crippen molar-refractivity contribution in [1.82, 2.24) is 0 Å². The number of aryl methyl sites for hydroxylation is 2. The summed E-state index contributed by atoms with van der Waals surface area (Å²) in [4.78, 5) is 28.2. The van der Waals surface area contributed by atoms with E-state index < -0.39 is 5.82 Å². The zero-order valence-corrected chi connectivity index (χ0v) is 17.5. The van der Waals surface area contributed by atoms with Crippen molar-refractivity contribution in [2.24, 2.45) is 0 Å². The minimum atomic E-state index is -0.418. The lowest BCUT2D eigenvalue weighted by Gasteiger charge is -2.15. The number of hydrogen-bond acceptors (Lipinski definition) is 3. The molecule has 4 rings (SSSR count). The quantitative estimate of drug-likeness (QED) is 0.503. The van der Waals surface area contributed by atoms with Crippen LogP contribution in [0.4, 0.5) is 10.1 Å². The molecule has 3 aromatic rings. The highest BCUT2D eigenvalue weighted by atomic mass is 32.2. The molecular weight excluding hydrogens is 397 g/mol. The highest BCUT2D eigenvalue weighted by Gasteiger charge is 2.40. The maximum absolute atomic E-state index is 13.4. The summed E-state index contributed by atoms with van der Waals surface area (Å²) in [5.74, 6) is -0.606. The minimum absolute atomic E-state index is 0.364. The molecule has 0 aromatic heterocycles. The maximum Gasteiger partial charge on any atom is 0.272 e. The number of amides is 2. The molecule has 0 fully saturated rings. The summed E-state index contributed by atoms with van der Waals surface area (Å²) in [7, 11) is 0. The van der Waals surface area contributed by atoms with E-state index in [-0.39, 0.29) is 11.8 Å². The largest absolute Gasteiger partial charge is 0.272 e. The molecule has 3 aromatic carbocycles. The average molecular weight is 418 g/mol. The molecule has 5 heteroatoms. The van der Waals surface area contributed by atoms with E-state index in [1.165, 1.54) is 36.0 Å². The summed E-state index contributed by atoms with van der Waals surface area (Å²) in [5.41, 5.74) is 4.71. The fourth-order valence-corrected chi connectivity index (χ4v) is 4.42. The maximum atomic E-state index is 13.4. The van der Waals surface area contributed by atoms with Gasteiger partial charge < -0.3 is 0 Å². The second-order valence-electron chi connectivity index (χ2n) is 7.20. The predicted octanol–water partition coefficient (Wildman–Crippen LogP) is 5.66. The topological polar surface area (TPSA) is 37.4 Å². The smallest absolute Gasteiger partial charge is 0.268 e. The SMILES string of the molecule is Cc1ccc(C2=C(SCc3ccccc3)C(=O)N(c3ccc(F)cc3)C2=O)cc1C.